The van der Waals surface area contributed by atoms with Gasteiger partial charge in [0.1, 0.15) is 12.0 Å². The lowest BCUT2D eigenvalue weighted by Gasteiger charge is -1.97. The van der Waals surface area contributed by atoms with E-state index >= 15 is 0 Å². The molecule has 0 atom stereocenters. The fourth-order valence-electron chi connectivity index (χ4n) is 1.50. The minimum Gasteiger partial charge on any atom is -0.310 e. The second-order valence-corrected chi connectivity index (χ2v) is 3.92. The first-order chi connectivity index (χ1) is 8.28. The first kappa shape index (κ1) is 11.7. The molecule has 0 amide bonds. The molecule has 0 saturated heterocycles. The second kappa shape index (κ2) is 5.53. The molecule has 0 aliphatic rings. The van der Waals surface area contributed by atoms with Crippen LogP contribution in [0.25, 0.3) is 0 Å². The normalized spacial score (nSPS) is 10.9. The van der Waals surface area contributed by atoms with Gasteiger partial charge in [0.15, 0.2) is 5.82 Å². The summed E-state index contributed by atoms with van der Waals surface area (Å²) in [7, 11) is 1.85. The molecule has 2 heterocycles. The van der Waals surface area contributed by atoms with Crippen LogP contribution in [0.4, 0.5) is 0 Å². The van der Waals surface area contributed by atoms with Gasteiger partial charge in [-0.3, -0.25) is 4.68 Å². The average Bonchev–Trinajstić information content (AvgIpc) is 2.90. The molecule has 1 N–H and O–H groups in total. The molecule has 2 rings (SSSR count). The summed E-state index contributed by atoms with van der Waals surface area (Å²) in [6.07, 6.45) is 4.70. The molecule has 0 aromatic carbocycles. The van der Waals surface area contributed by atoms with Crippen molar-refractivity contribution in [1.82, 2.24) is 35.1 Å². The Morgan fingerprint density at radius 3 is 3.00 bits per heavy atom. The van der Waals surface area contributed by atoms with E-state index in [2.05, 4.69) is 32.6 Å². The van der Waals surface area contributed by atoms with E-state index in [1.807, 2.05) is 13.2 Å². The average molecular weight is 235 g/mol. The van der Waals surface area contributed by atoms with Crippen LogP contribution in [0.3, 0.4) is 0 Å². The Balaban J connectivity index is 1.89. The zero-order valence-electron chi connectivity index (χ0n) is 10.2. The van der Waals surface area contributed by atoms with E-state index in [9.17, 15) is 0 Å². The van der Waals surface area contributed by atoms with Gasteiger partial charge in [-0.2, -0.15) is 5.10 Å². The van der Waals surface area contributed by atoms with Crippen molar-refractivity contribution in [3.8, 4) is 0 Å². The summed E-state index contributed by atoms with van der Waals surface area (Å²) in [4.78, 5) is 4.23. The number of aromatic nitrogens is 6. The highest BCUT2D eigenvalue weighted by Gasteiger charge is 2.03. The fourth-order valence-corrected chi connectivity index (χ4v) is 1.50. The first-order valence-corrected chi connectivity index (χ1v) is 5.72. The van der Waals surface area contributed by atoms with Crippen LogP contribution in [0.15, 0.2) is 12.5 Å². The van der Waals surface area contributed by atoms with Crippen LogP contribution >= 0.6 is 0 Å². The van der Waals surface area contributed by atoms with Crippen LogP contribution in [-0.2, 0) is 20.1 Å². The Kier molecular flexibility index (Phi) is 3.81. The zero-order chi connectivity index (χ0) is 12.1. The van der Waals surface area contributed by atoms with Crippen molar-refractivity contribution in [2.75, 3.05) is 6.54 Å². The van der Waals surface area contributed by atoms with E-state index in [4.69, 9.17) is 0 Å². The van der Waals surface area contributed by atoms with E-state index in [-0.39, 0.29) is 0 Å². The quantitative estimate of drug-likeness (QED) is 0.711. The lowest BCUT2D eigenvalue weighted by Crippen LogP contribution is -2.15. The van der Waals surface area contributed by atoms with Crippen molar-refractivity contribution in [3.05, 3.63) is 24.0 Å². The Labute approximate surface area is 99.9 Å². The third kappa shape index (κ3) is 3.35. The Bertz CT molecular complexity index is 459. The molecule has 92 valence electrons. The molecule has 2 aromatic rings. The van der Waals surface area contributed by atoms with E-state index in [1.165, 1.54) is 0 Å². The van der Waals surface area contributed by atoms with Crippen molar-refractivity contribution < 1.29 is 0 Å². The van der Waals surface area contributed by atoms with E-state index < -0.39 is 0 Å². The molecular weight excluding hydrogens is 218 g/mol. The van der Waals surface area contributed by atoms with Gasteiger partial charge >= 0.3 is 0 Å². The molecule has 0 spiro atoms. The molecule has 0 aliphatic heterocycles. The van der Waals surface area contributed by atoms with E-state index in [0.717, 1.165) is 24.5 Å². The Hall–Kier alpha value is -1.76. The van der Waals surface area contributed by atoms with Gasteiger partial charge in [-0.15, -0.1) is 5.10 Å². The predicted octanol–water partition coefficient (Wildman–Crippen LogP) is -0.0455. The molecule has 0 saturated carbocycles. The topological polar surface area (TPSA) is 73.5 Å². The van der Waals surface area contributed by atoms with Crippen molar-refractivity contribution in [1.29, 1.82) is 0 Å². The maximum Gasteiger partial charge on any atom is 0.164 e. The molecule has 7 nitrogen and oxygen atoms in total. The van der Waals surface area contributed by atoms with Crippen LogP contribution in [0.2, 0.25) is 0 Å². The highest BCUT2D eigenvalue weighted by atomic mass is 15.4. The maximum atomic E-state index is 4.35. The first-order valence-electron chi connectivity index (χ1n) is 5.72. The molecule has 0 aliphatic carbocycles. The summed E-state index contributed by atoms with van der Waals surface area (Å²) in [6, 6.07) is 0. The summed E-state index contributed by atoms with van der Waals surface area (Å²) in [5.41, 5.74) is 0.880. The molecule has 2 aromatic heterocycles. The number of nitrogens with one attached hydrogen (secondary N) is 1. The van der Waals surface area contributed by atoms with Crippen molar-refractivity contribution >= 4 is 0 Å². The lowest BCUT2D eigenvalue weighted by atomic mass is 10.5. The number of hydrogen-bond acceptors (Lipinski definition) is 5. The summed E-state index contributed by atoms with van der Waals surface area (Å²) in [6.45, 7) is 4.43. The molecule has 0 radical (unpaired) electrons. The highest BCUT2D eigenvalue weighted by molar-refractivity contribution is 4.93. The van der Waals surface area contributed by atoms with Gasteiger partial charge in [0.2, 0.25) is 0 Å². The molecule has 0 bridgehead atoms. The molecule has 17 heavy (non-hydrogen) atoms. The predicted molar refractivity (Wildman–Crippen MR) is 62.1 cm³/mol. The Morgan fingerprint density at radius 1 is 1.41 bits per heavy atom. The molecular formula is C10H17N7. The van der Waals surface area contributed by atoms with Crippen LogP contribution in [0.5, 0.6) is 0 Å². The van der Waals surface area contributed by atoms with Crippen LogP contribution < -0.4 is 5.32 Å². The standard InChI is InChI=1S/C10H17N7/c1-3-4-11-5-10-12-8-17(14-10)7-9-6-16(2)15-13-9/h6,8,11H,3-5,7H2,1-2H3. The van der Waals surface area contributed by atoms with Gasteiger partial charge in [-0.1, -0.05) is 12.1 Å². The summed E-state index contributed by atoms with van der Waals surface area (Å²) in [5, 5.41) is 15.5. The summed E-state index contributed by atoms with van der Waals surface area (Å²) in [5.74, 6) is 0.808. The second-order valence-electron chi connectivity index (χ2n) is 3.92. The van der Waals surface area contributed by atoms with Crippen LogP contribution in [0, 0.1) is 0 Å². The molecule has 0 fully saturated rings. The van der Waals surface area contributed by atoms with Crippen molar-refractivity contribution in [2.45, 2.75) is 26.4 Å². The number of nitrogens with zero attached hydrogens (tertiary/aromatic N) is 6. The van der Waals surface area contributed by atoms with Crippen LogP contribution in [0.1, 0.15) is 24.9 Å². The SMILES string of the molecule is CCCNCc1ncn(Cc2cn(C)nn2)n1. The van der Waals surface area contributed by atoms with Gasteiger partial charge in [0.05, 0.1) is 13.1 Å². The number of rotatable bonds is 6. The Morgan fingerprint density at radius 2 is 2.29 bits per heavy atom. The van der Waals surface area contributed by atoms with Gasteiger partial charge in [0.25, 0.3) is 0 Å². The number of hydrogen-bond donors (Lipinski definition) is 1. The van der Waals surface area contributed by atoms with Gasteiger partial charge in [-0.05, 0) is 13.0 Å². The molecule has 7 heteroatoms. The van der Waals surface area contributed by atoms with Crippen molar-refractivity contribution in [2.24, 2.45) is 7.05 Å². The minimum atomic E-state index is 0.606. The van der Waals surface area contributed by atoms with Gasteiger partial charge < -0.3 is 5.32 Å². The highest BCUT2D eigenvalue weighted by Crippen LogP contribution is 1.96. The van der Waals surface area contributed by atoms with Crippen LogP contribution in [-0.4, -0.2) is 36.3 Å². The van der Waals surface area contributed by atoms with Crippen molar-refractivity contribution in [3.63, 3.8) is 0 Å². The van der Waals surface area contributed by atoms with E-state index in [1.54, 1.807) is 15.7 Å². The fraction of sp³-hybridized carbons (Fsp3) is 0.600. The van der Waals surface area contributed by atoms with Gasteiger partial charge in [0, 0.05) is 13.2 Å². The van der Waals surface area contributed by atoms with E-state index in [0.29, 0.717) is 13.1 Å². The lowest BCUT2D eigenvalue weighted by molar-refractivity contribution is 0.620. The third-order valence-electron chi connectivity index (χ3n) is 2.27. The third-order valence-corrected chi connectivity index (χ3v) is 2.27. The maximum absolute atomic E-state index is 4.35. The monoisotopic (exact) mass is 235 g/mol. The number of aryl methyl sites for hydroxylation is 1. The smallest absolute Gasteiger partial charge is 0.164 e. The molecule has 0 unspecified atom stereocenters. The largest absolute Gasteiger partial charge is 0.310 e. The van der Waals surface area contributed by atoms with Gasteiger partial charge in [-0.25, -0.2) is 9.67 Å². The minimum absolute atomic E-state index is 0.606. The summed E-state index contributed by atoms with van der Waals surface area (Å²) < 4.78 is 3.45. The summed E-state index contributed by atoms with van der Waals surface area (Å²) >= 11 is 0. The zero-order valence-corrected chi connectivity index (χ0v) is 10.2.